The van der Waals surface area contributed by atoms with Crippen LogP contribution in [0.4, 0.5) is 0 Å². The van der Waals surface area contributed by atoms with Crippen molar-refractivity contribution in [1.29, 1.82) is 0 Å². The molecule has 0 atom stereocenters. The number of hydrogen-bond donors (Lipinski definition) is 1. The lowest BCUT2D eigenvalue weighted by Crippen LogP contribution is -2.40. The van der Waals surface area contributed by atoms with Gasteiger partial charge in [-0.15, -0.1) is 16.8 Å². The first-order chi connectivity index (χ1) is 8.86. The van der Waals surface area contributed by atoms with Crippen molar-refractivity contribution in [3.63, 3.8) is 0 Å². The summed E-state index contributed by atoms with van der Waals surface area (Å²) in [6.07, 6.45) is 1.77. The molecule has 1 heterocycles. The summed E-state index contributed by atoms with van der Waals surface area (Å²) in [7, 11) is 1.70. The molecular weight excluding hydrogens is 260 g/mol. The molecule has 0 saturated heterocycles. The van der Waals surface area contributed by atoms with E-state index in [1.165, 1.54) is 16.4 Å². The van der Waals surface area contributed by atoms with E-state index in [0.29, 0.717) is 22.5 Å². The molecule has 1 rings (SSSR count). The van der Waals surface area contributed by atoms with Crippen molar-refractivity contribution in [1.82, 2.24) is 14.9 Å². The number of aromatic nitrogens is 3. The van der Waals surface area contributed by atoms with Crippen LogP contribution in [0.3, 0.4) is 0 Å². The summed E-state index contributed by atoms with van der Waals surface area (Å²) in [5.74, 6) is 0.981. The summed E-state index contributed by atoms with van der Waals surface area (Å²) in [6.45, 7) is 11.8. The smallest absolute Gasteiger partial charge is 0.295 e. The minimum Gasteiger partial charge on any atom is -0.324 e. The fraction of sp³-hybridized carbons (Fsp3) is 0.615. The van der Waals surface area contributed by atoms with Crippen LogP contribution in [-0.4, -0.2) is 27.7 Å². The lowest BCUT2D eigenvalue weighted by Gasteiger charge is -2.27. The molecule has 1 aromatic rings. The van der Waals surface area contributed by atoms with E-state index >= 15 is 0 Å². The third-order valence-corrected chi connectivity index (χ3v) is 4.36. The highest BCUT2D eigenvalue weighted by atomic mass is 32.2. The predicted octanol–water partition coefficient (Wildman–Crippen LogP) is 2.02. The summed E-state index contributed by atoms with van der Waals surface area (Å²) in [6, 6.07) is 0. The third-order valence-electron chi connectivity index (χ3n) is 3.44. The third kappa shape index (κ3) is 3.18. The van der Waals surface area contributed by atoms with Gasteiger partial charge in [-0.05, 0) is 5.92 Å². The molecular formula is C13H22N4OS. The Kier molecular flexibility index (Phi) is 5.17. The van der Waals surface area contributed by atoms with Crippen LogP contribution < -0.4 is 11.0 Å². The molecule has 0 fully saturated rings. The molecule has 6 heteroatoms. The molecule has 0 aliphatic carbocycles. The average molecular weight is 282 g/mol. The van der Waals surface area contributed by atoms with Crippen LogP contribution in [0.2, 0.25) is 0 Å². The Hall–Kier alpha value is -1.30. The largest absolute Gasteiger partial charge is 0.324 e. The lowest BCUT2D eigenvalue weighted by molar-refractivity contribution is 0.348. The van der Waals surface area contributed by atoms with Gasteiger partial charge in [0.1, 0.15) is 5.69 Å². The van der Waals surface area contributed by atoms with Crippen molar-refractivity contribution in [2.75, 3.05) is 18.2 Å². The topological polar surface area (TPSA) is 59.8 Å². The van der Waals surface area contributed by atoms with E-state index in [9.17, 15) is 4.79 Å². The van der Waals surface area contributed by atoms with E-state index < -0.39 is 0 Å². The Bertz CT molecular complexity index is 508. The lowest BCUT2D eigenvalue weighted by atomic mass is 9.78. The maximum Gasteiger partial charge on any atom is 0.295 e. The highest BCUT2D eigenvalue weighted by Gasteiger charge is 2.31. The molecule has 0 aliphatic heterocycles. The summed E-state index contributed by atoms with van der Waals surface area (Å²) in [4.78, 5) is 12.5. The minimum atomic E-state index is -0.315. The van der Waals surface area contributed by atoms with Crippen LogP contribution in [-0.2, 0) is 5.41 Å². The van der Waals surface area contributed by atoms with Gasteiger partial charge in [0.25, 0.3) is 5.56 Å². The molecule has 0 spiro atoms. The van der Waals surface area contributed by atoms with Gasteiger partial charge in [-0.1, -0.05) is 45.5 Å². The normalized spacial score (nSPS) is 11.7. The highest BCUT2D eigenvalue weighted by molar-refractivity contribution is 7.99. The number of nitrogens with one attached hydrogen (secondary N) is 1. The molecule has 0 radical (unpaired) electrons. The molecule has 0 amide bonds. The molecule has 5 nitrogen and oxygen atoms in total. The monoisotopic (exact) mass is 282 g/mol. The van der Waals surface area contributed by atoms with Gasteiger partial charge in [0.15, 0.2) is 0 Å². The second-order valence-corrected chi connectivity index (χ2v) is 6.16. The van der Waals surface area contributed by atoms with Crippen LogP contribution in [0.15, 0.2) is 22.6 Å². The standard InChI is InChI=1S/C13H22N4OS/c1-7-8-19-12-16-15-10(11(18)17(12)14-6)13(4,5)9(2)3/h7,9,14H,1,8H2,2-6H3. The molecule has 19 heavy (non-hydrogen) atoms. The summed E-state index contributed by atoms with van der Waals surface area (Å²) >= 11 is 1.42. The van der Waals surface area contributed by atoms with Gasteiger partial charge < -0.3 is 5.43 Å². The second-order valence-electron chi connectivity index (χ2n) is 5.17. The van der Waals surface area contributed by atoms with Crippen LogP contribution >= 0.6 is 11.8 Å². The van der Waals surface area contributed by atoms with Gasteiger partial charge in [-0.3, -0.25) is 4.79 Å². The van der Waals surface area contributed by atoms with E-state index in [0.717, 1.165) is 0 Å². The molecule has 1 N–H and O–H groups in total. The second kappa shape index (κ2) is 6.23. The van der Waals surface area contributed by atoms with E-state index in [4.69, 9.17) is 0 Å². The van der Waals surface area contributed by atoms with Gasteiger partial charge in [0.2, 0.25) is 5.16 Å². The summed E-state index contributed by atoms with van der Waals surface area (Å²) in [5, 5.41) is 8.87. The number of rotatable bonds is 6. The highest BCUT2D eigenvalue weighted by Crippen LogP contribution is 2.27. The van der Waals surface area contributed by atoms with Crippen LogP contribution in [0, 0.1) is 5.92 Å². The summed E-state index contributed by atoms with van der Waals surface area (Å²) < 4.78 is 1.45. The van der Waals surface area contributed by atoms with Crippen molar-refractivity contribution in [2.45, 2.75) is 38.3 Å². The molecule has 0 bridgehead atoms. The zero-order valence-corrected chi connectivity index (χ0v) is 13.0. The van der Waals surface area contributed by atoms with Crippen LogP contribution in [0.1, 0.15) is 33.4 Å². The zero-order chi connectivity index (χ0) is 14.6. The molecule has 0 unspecified atom stereocenters. The minimum absolute atomic E-state index is 0.136. The van der Waals surface area contributed by atoms with Crippen molar-refractivity contribution in [2.24, 2.45) is 5.92 Å². The zero-order valence-electron chi connectivity index (χ0n) is 12.2. The first-order valence-corrected chi connectivity index (χ1v) is 7.26. The first kappa shape index (κ1) is 15.8. The van der Waals surface area contributed by atoms with Gasteiger partial charge in [-0.25, -0.2) is 0 Å². The predicted molar refractivity (Wildman–Crippen MR) is 80.4 cm³/mol. The Labute approximate surface area is 118 Å². The fourth-order valence-corrected chi connectivity index (χ4v) is 2.14. The maximum absolute atomic E-state index is 12.5. The number of nitrogens with zero attached hydrogens (tertiary/aromatic N) is 3. The van der Waals surface area contributed by atoms with Gasteiger partial charge in [0.05, 0.1) is 0 Å². The maximum atomic E-state index is 12.5. The Balaban J connectivity index is 3.33. The van der Waals surface area contributed by atoms with Crippen LogP contribution in [0.25, 0.3) is 0 Å². The molecule has 0 aliphatic rings. The van der Waals surface area contributed by atoms with E-state index in [-0.39, 0.29) is 11.0 Å². The van der Waals surface area contributed by atoms with Crippen molar-refractivity contribution in [3.8, 4) is 0 Å². The van der Waals surface area contributed by atoms with Gasteiger partial charge in [0, 0.05) is 18.2 Å². The molecule has 0 saturated carbocycles. The average Bonchev–Trinajstić information content (AvgIpc) is 2.35. The van der Waals surface area contributed by atoms with Gasteiger partial charge in [-0.2, -0.15) is 4.68 Å². The van der Waals surface area contributed by atoms with E-state index in [2.05, 4.69) is 36.0 Å². The summed E-state index contributed by atoms with van der Waals surface area (Å²) in [5.41, 5.74) is 2.91. The van der Waals surface area contributed by atoms with Crippen molar-refractivity contribution >= 4 is 11.8 Å². The van der Waals surface area contributed by atoms with Crippen molar-refractivity contribution < 1.29 is 0 Å². The first-order valence-electron chi connectivity index (χ1n) is 6.27. The quantitative estimate of drug-likeness (QED) is 0.639. The molecule has 0 aromatic carbocycles. The van der Waals surface area contributed by atoms with Crippen LogP contribution in [0.5, 0.6) is 0 Å². The Morgan fingerprint density at radius 3 is 2.58 bits per heavy atom. The molecule has 106 valence electrons. The fourth-order valence-electron chi connectivity index (χ4n) is 1.48. The van der Waals surface area contributed by atoms with E-state index in [1.807, 2.05) is 13.8 Å². The van der Waals surface area contributed by atoms with E-state index in [1.54, 1.807) is 13.1 Å². The van der Waals surface area contributed by atoms with Crippen molar-refractivity contribution in [3.05, 3.63) is 28.7 Å². The molecule has 1 aromatic heterocycles. The Morgan fingerprint density at radius 2 is 2.11 bits per heavy atom. The number of hydrogen-bond acceptors (Lipinski definition) is 5. The number of thioether (sulfide) groups is 1. The Morgan fingerprint density at radius 1 is 1.47 bits per heavy atom. The SMILES string of the molecule is C=CCSc1nnc(C(C)(C)C(C)C)c(=O)n1NC. The van der Waals surface area contributed by atoms with Gasteiger partial charge >= 0.3 is 0 Å².